The first-order valence-corrected chi connectivity index (χ1v) is 15.1. The molecule has 240 valence electrons. The van der Waals surface area contributed by atoms with Gasteiger partial charge in [-0.15, -0.1) is 0 Å². The number of Topliss-reactive ketones (excluding diaryl/α,β-unsaturated/α-hetero) is 3. The molecular weight excluding hydrogens is 552 g/mol. The van der Waals surface area contributed by atoms with Gasteiger partial charge in [0.25, 0.3) is 0 Å². The summed E-state index contributed by atoms with van der Waals surface area (Å²) in [5.74, 6) is -4.21. The molecule has 0 unspecified atom stereocenters. The molecule has 0 saturated heterocycles. The summed E-state index contributed by atoms with van der Waals surface area (Å²) in [5, 5.41) is 23.9. The Kier molecular flexibility index (Phi) is 15.8. The van der Waals surface area contributed by atoms with Crippen LogP contribution in [0.1, 0.15) is 92.6 Å². The van der Waals surface area contributed by atoms with Gasteiger partial charge in [0.2, 0.25) is 11.8 Å². The number of carboxylic acids is 1. The van der Waals surface area contributed by atoms with E-state index in [0.29, 0.717) is 19.3 Å². The van der Waals surface area contributed by atoms with Crippen molar-refractivity contribution in [2.45, 2.75) is 105 Å². The number of carbonyl (C=O) groups excluding carboxylic acids is 5. The first-order valence-electron chi connectivity index (χ1n) is 15.1. The van der Waals surface area contributed by atoms with Crippen molar-refractivity contribution in [2.75, 3.05) is 0 Å². The molecule has 1 aromatic carbocycles. The Bertz CT molecular complexity index is 1110. The number of rotatable bonds is 20. The molecule has 1 aromatic rings. The van der Waals surface area contributed by atoms with E-state index in [9.17, 15) is 33.9 Å². The van der Waals surface area contributed by atoms with Crippen molar-refractivity contribution in [3.63, 3.8) is 0 Å². The fraction of sp³-hybridized carbons (Fsp3) is 0.636. The minimum Gasteiger partial charge on any atom is -0.508 e. The summed E-state index contributed by atoms with van der Waals surface area (Å²) in [6.45, 7) is 12.7. The Balaban J connectivity index is 3.07. The number of carbonyl (C=O) groups is 6. The SMILES string of the molecule is CC(=O)[C@@H](CC(=O)[C@@H](NC(=O)[C@@H](CC(=O)[C@H](CC(C)C)NC(=O)CCC(=O)O)CC(C)C)C(C)C)Cc1ccc(O)cc1. The normalized spacial score (nSPS) is 14.2. The number of aliphatic carboxylic acids is 1. The Morgan fingerprint density at radius 1 is 0.744 bits per heavy atom. The van der Waals surface area contributed by atoms with Crippen LogP contribution in [0.2, 0.25) is 0 Å². The number of amides is 2. The van der Waals surface area contributed by atoms with Gasteiger partial charge in [-0.3, -0.25) is 28.8 Å². The average Bonchev–Trinajstić information content (AvgIpc) is 2.89. The standard InChI is InChI=1S/C33H50N2O8/c1-19(2)14-25(18-28(38)27(15-20(3)4)34-30(40)12-13-31(41)42)33(43)35-32(21(5)6)29(39)17-24(22(7)36)16-23-8-10-26(37)11-9-23/h8-11,19-21,24-25,27,32,37H,12-18H2,1-7H3,(H,34,40)(H,35,43)(H,41,42)/t24-,25-,27+,32+/m1/s1. The lowest BCUT2D eigenvalue weighted by atomic mass is 9.85. The van der Waals surface area contributed by atoms with Crippen molar-refractivity contribution in [1.82, 2.24) is 10.6 Å². The van der Waals surface area contributed by atoms with Crippen molar-refractivity contribution >= 4 is 35.1 Å². The molecule has 0 fully saturated rings. The van der Waals surface area contributed by atoms with Gasteiger partial charge in [0, 0.05) is 31.1 Å². The van der Waals surface area contributed by atoms with Gasteiger partial charge in [-0.05, 0) is 61.6 Å². The van der Waals surface area contributed by atoms with Crippen molar-refractivity contribution in [1.29, 1.82) is 0 Å². The zero-order valence-electron chi connectivity index (χ0n) is 26.6. The minimum absolute atomic E-state index is 0.0600. The van der Waals surface area contributed by atoms with E-state index in [1.165, 1.54) is 19.1 Å². The molecule has 10 nitrogen and oxygen atoms in total. The van der Waals surface area contributed by atoms with Gasteiger partial charge >= 0.3 is 5.97 Å². The van der Waals surface area contributed by atoms with Gasteiger partial charge in [-0.2, -0.15) is 0 Å². The zero-order chi connectivity index (χ0) is 32.9. The first-order chi connectivity index (χ1) is 20.0. The molecule has 0 aliphatic rings. The molecule has 4 N–H and O–H groups in total. The fourth-order valence-electron chi connectivity index (χ4n) is 5.00. The van der Waals surface area contributed by atoms with E-state index >= 15 is 0 Å². The third kappa shape index (κ3) is 14.4. The largest absolute Gasteiger partial charge is 0.508 e. The highest BCUT2D eigenvalue weighted by atomic mass is 16.4. The van der Waals surface area contributed by atoms with Crippen LogP contribution in [-0.2, 0) is 35.2 Å². The van der Waals surface area contributed by atoms with Crippen LogP contribution in [-0.4, -0.2) is 57.4 Å². The van der Waals surface area contributed by atoms with E-state index in [1.54, 1.807) is 26.0 Å². The molecule has 0 bridgehead atoms. The summed E-state index contributed by atoms with van der Waals surface area (Å²) in [4.78, 5) is 76.0. The number of carboxylic acid groups (broad SMARTS) is 1. The number of benzene rings is 1. The van der Waals surface area contributed by atoms with Crippen molar-refractivity contribution in [3.8, 4) is 5.75 Å². The molecule has 43 heavy (non-hydrogen) atoms. The maximum Gasteiger partial charge on any atom is 0.303 e. The topological polar surface area (TPSA) is 167 Å². The summed E-state index contributed by atoms with van der Waals surface area (Å²) in [6, 6.07) is 4.73. The lowest BCUT2D eigenvalue weighted by Crippen LogP contribution is -2.49. The van der Waals surface area contributed by atoms with Crippen molar-refractivity contribution < 1.29 is 39.0 Å². The van der Waals surface area contributed by atoms with Gasteiger partial charge in [-0.1, -0.05) is 53.7 Å². The minimum atomic E-state index is -1.11. The molecule has 0 saturated carbocycles. The van der Waals surface area contributed by atoms with Crippen LogP contribution in [0.25, 0.3) is 0 Å². The number of aromatic hydroxyl groups is 1. The summed E-state index contributed by atoms with van der Waals surface area (Å²) in [5.41, 5.74) is 0.803. The van der Waals surface area contributed by atoms with Gasteiger partial charge in [-0.25, -0.2) is 0 Å². The number of phenolic OH excluding ortho intramolecular Hbond substituents is 1. The van der Waals surface area contributed by atoms with E-state index in [1.807, 2.05) is 27.7 Å². The van der Waals surface area contributed by atoms with Crippen LogP contribution in [0, 0.1) is 29.6 Å². The highest BCUT2D eigenvalue weighted by Crippen LogP contribution is 2.22. The smallest absolute Gasteiger partial charge is 0.303 e. The maximum absolute atomic E-state index is 13.6. The molecule has 0 aromatic heterocycles. The lowest BCUT2D eigenvalue weighted by molar-refractivity contribution is -0.139. The lowest BCUT2D eigenvalue weighted by Gasteiger charge is -2.27. The Morgan fingerprint density at radius 2 is 1.30 bits per heavy atom. The van der Waals surface area contributed by atoms with Crippen LogP contribution in [0.3, 0.4) is 0 Å². The molecule has 2 amide bonds. The number of nitrogens with one attached hydrogen (secondary N) is 2. The highest BCUT2D eigenvalue weighted by Gasteiger charge is 2.33. The van der Waals surface area contributed by atoms with Crippen molar-refractivity contribution in [2.24, 2.45) is 29.6 Å². The van der Waals surface area contributed by atoms with Crippen LogP contribution >= 0.6 is 0 Å². The fourth-order valence-corrected chi connectivity index (χ4v) is 5.00. The van der Waals surface area contributed by atoms with E-state index in [-0.39, 0.29) is 66.5 Å². The summed E-state index contributed by atoms with van der Waals surface area (Å²) >= 11 is 0. The quantitative estimate of drug-likeness (QED) is 0.172. The molecule has 0 spiro atoms. The molecule has 10 heteroatoms. The average molecular weight is 603 g/mol. The molecule has 4 atom stereocenters. The summed E-state index contributed by atoms with van der Waals surface area (Å²) in [7, 11) is 0. The van der Waals surface area contributed by atoms with Crippen molar-refractivity contribution in [3.05, 3.63) is 29.8 Å². The van der Waals surface area contributed by atoms with Crippen LogP contribution in [0.4, 0.5) is 0 Å². The second-order valence-corrected chi connectivity index (χ2v) is 12.7. The predicted molar refractivity (Wildman–Crippen MR) is 163 cm³/mol. The molecule has 0 heterocycles. The first kappa shape index (κ1) is 37.5. The molecular formula is C33H50N2O8. The van der Waals surface area contributed by atoms with Crippen LogP contribution in [0.15, 0.2) is 24.3 Å². The third-order valence-electron chi connectivity index (χ3n) is 7.32. The Morgan fingerprint density at radius 3 is 1.79 bits per heavy atom. The maximum atomic E-state index is 13.6. The predicted octanol–water partition coefficient (Wildman–Crippen LogP) is 4.26. The Labute approximate surface area is 255 Å². The van der Waals surface area contributed by atoms with Gasteiger partial charge < -0.3 is 20.8 Å². The van der Waals surface area contributed by atoms with Gasteiger partial charge in [0.15, 0.2) is 11.6 Å². The summed E-state index contributed by atoms with van der Waals surface area (Å²) < 4.78 is 0. The molecule has 0 aliphatic heterocycles. The number of hydrogen-bond acceptors (Lipinski definition) is 7. The molecule has 0 radical (unpaired) electrons. The van der Waals surface area contributed by atoms with Crippen LogP contribution < -0.4 is 10.6 Å². The second kappa shape index (κ2) is 18.2. The third-order valence-corrected chi connectivity index (χ3v) is 7.32. The van der Waals surface area contributed by atoms with E-state index in [0.717, 1.165) is 5.56 Å². The molecule has 0 aliphatic carbocycles. The molecule has 1 rings (SSSR count). The van der Waals surface area contributed by atoms with E-state index in [4.69, 9.17) is 5.11 Å². The number of phenols is 1. The second-order valence-electron chi connectivity index (χ2n) is 12.7. The van der Waals surface area contributed by atoms with E-state index < -0.39 is 41.7 Å². The summed E-state index contributed by atoms with van der Waals surface area (Å²) in [6.07, 6.45) is 0.238. The van der Waals surface area contributed by atoms with Gasteiger partial charge in [0.05, 0.1) is 18.5 Å². The van der Waals surface area contributed by atoms with E-state index in [2.05, 4.69) is 10.6 Å². The van der Waals surface area contributed by atoms with Gasteiger partial charge in [0.1, 0.15) is 11.5 Å². The highest BCUT2D eigenvalue weighted by molar-refractivity contribution is 5.95. The number of ketones is 3. The zero-order valence-corrected chi connectivity index (χ0v) is 26.6. The number of hydrogen-bond donors (Lipinski definition) is 4. The monoisotopic (exact) mass is 602 g/mol. The Hall–Kier alpha value is -3.56. The van der Waals surface area contributed by atoms with Crippen LogP contribution in [0.5, 0.6) is 5.75 Å².